The molecule has 2 rings (SSSR count). The average molecular weight is 433 g/mol. The minimum absolute atomic E-state index is 0.597. The fourth-order valence-electron chi connectivity index (χ4n) is 1.79. The molecule has 0 atom stereocenters. The summed E-state index contributed by atoms with van der Waals surface area (Å²) >= 11 is 3.78. The van der Waals surface area contributed by atoms with Gasteiger partial charge in [0.25, 0.3) is 0 Å². The van der Waals surface area contributed by atoms with E-state index in [1.165, 1.54) is 8.93 Å². The second-order valence-corrected chi connectivity index (χ2v) is 10.5. The Kier molecular flexibility index (Phi) is 5.25. The molecule has 0 radical (unpaired) electrons. The highest BCUT2D eigenvalue weighted by molar-refractivity contribution is 14.2. The summed E-state index contributed by atoms with van der Waals surface area (Å²) in [6.07, 6.45) is 0. The van der Waals surface area contributed by atoms with Crippen LogP contribution in [0, 0.1) is 11.2 Å². The molecule has 2 aromatic rings. The normalized spacial score (nSPS) is 10.9. The third-order valence-corrected chi connectivity index (χ3v) is 6.15. The molecule has 0 aliphatic rings. The lowest BCUT2D eigenvalue weighted by Gasteiger charge is -2.11. The van der Waals surface area contributed by atoms with Crippen LogP contribution in [0.5, 0.6) is 0 Å². The minimum Gasteiger partial charge on any atom is -0.398 e. The number of anilines is 1. The van der Waals surface area contributed by atoms with Crippen molar-refractivity contribution in [2.24, 2.45) is 0 Å². The quantitative estimate of drug-likeness (QED) is 0.325. The number of nitrogens with two attached hydrogens (primary N) is 1. The number of hydrogen-bond donors (Lipinski definition) is 1. The molecule has 0 spiro atoms. The van der Waals surface area contributed by atoms with Gasteiger partial charge in [-0.1, -0.05) is 6.07 Å². The molecule has 1 heterocycles. The molecule has 1 aromatic heterocycles. The molecule has 0 amide bonds. The standard InChI is InChI=1S/C14H13INOPS2/c1-18(2,17)13-9-10(3-5-12(13)16)14-6-4-11(20-14)7-8-19-15/h3-6,9H,16H2,1-2H3. The molecule has 0 fully saturated rings. The number of nitrogen functional groups attached to an aromatic ring is 1. The maximum Gasteiger partial charge on any atom is 0.111 e. The summed E-state index contributed by atoms with van der Waals surface area (Å²) in [6.45, 7) is 3.48. The molecule has 1 aromatic carbocycles. The molecule has 2 N–H and O–H groups in total. The van der Waals surface area contributed by atoms with Crippen LogP contribution in [-0.4, -0.2) is 13.3 Å². The van der Waals surface area contributed by atoms with Crippen molar-refractivity contribution < 1.29 is 4.57 Å². The van der Waals surface area contributed by atoms with Gasteiger partial charge in [0.1, 0.15) is 7.14 Å². The maximum atomic E-state index is 12.3. The topological polar surface area (TPSA) is 43.1 Å². The Bertz CT molecular complexity index is 739. The highest BCUT2D eigenvalue weighted by Gasteiger charge is 2.16. The second kappa shape index (κ2) is 6.57. The number of hydrogen-bond acceptors (Lipinski definition) is 4. The van der Waals surface area contributed by atoms with Crippen LogP contribution in [0.25, 0.3) is 10.4 Å². The molecule has 0 aliphatic heterocycles. The van der Waals surface area contributed by atoms with Crippen molar-refractivity contribution in [3.63, 3.8) is 0 Å². The summed E-state index contributed by atoms with van der Waals surface area (Å²) in [5.41, 5.74) is 7.57. The van der Waals surface area contributed by atoms with Gasteiger partial charge in [-0.15, -0.1) is 11.3 Å². The molecule has 104 valence electrons. The van der Waals surface area contributed by atoms with Gasteiger partial charge in [-0.3, -0.25) is 0 Å². The number of benzene rings is 1. The lowest BCUT2D eigenvalue weighted by Crippen LogP contribution is -2.09. The second-order valence-electron chi connectivity index (χ2n) is 4.59. The lowest BCUT2D eigenvalue weighted by molar-refractivity contribution is 0.588. The summed E-state index contributed by atoms with van der Waals surface area (Å²) in [4.78, 5) is 2.14. The van der Waals surface area contributed by atoms with Crippen molar-refractivity contribution >= 4 is 59.6 Å². The Labute approximate surface area is 139 Å². The summed E-state index contributed by atoms with van der Waals surface area (Å²) in [6, 6.07) is 9.78. The van der Waals surface area contributed by atoms with Gasteiger partial charge in [-0.25, -0.2) is 0 Å². The van der Waals surface area contributed by atoms with Crippen molar-refractivity contribution in [3.05, 3.63) is 35.2 Å². The van der Waals surface area contributed by atoms with Gasteiger partial charge in [0, 0.05) is 37.1 Å². The summed E-state index contributed by atoms with van der Waals surface area (Å²) in [5.74, 6) is 3.09. The van der Waals surface area contributed by atoms with Gasteiger partial charge >= 0.3 is 0 Å². The molecule has 0 aliphatic carbocycles. The highest BCUT2D eigenvalue weighted by Crippen LogP contribution is 2.39. The van der Waals surface area contributed by atoms with E-state index in [4.69, 9.17) is 5.73 Å². The van der Waals surface area contributed by atoms with E-state index in [0.29, 0.717) is 5.69 Å². The Morgan fingerprint density at radius 1 is 1.30 bits per heavy atom. The molecular weight excluding hydrogens is 420 g/mol. The SMILES string of the molecule is CP(C)(=O)c1cc(-c2ccc(C#CSI)s2)ccc1N. The zero-order valence-electron chi connectivity index (χ0n) is 11.0. The van der Waals surface area contributed by atoms with Crippen molar-refractivity contribution in [2.45, 2.75) is 0 Å². The molecule has 2 nitrogen and oxygen atoms in total. The zero-order chi connectivity index (χ0) is 14.8. The van der Waals surface area contributed by atoms with Gasteiger partial charge in [0.2, 0.25) is 0 Å². The third-order valence-electron chi connectivity index (χ3n) is 2.71. The summed E-state index contributed by atoms with van der Waals surface area (Å²) < 4.78 is 12.3. The number of halogens is 1. The Morgan fingerprint density at radius 3 is 2.70 bits per heavy atom. The smallest absolute Gasteiger partial charge is 0.111 e. The van der Waals surface area contributed by atoms with Gasteiger partial charge in [-0.2, -0.15) is 0 Å². The monoisotopic (exact) mass is 433 g/mol. The minimum atomic E-state index is -2.37. The average Bonchev–Trinajstić information content (AvgIpc) is 2.84. The number of thiophene rings is 1. The first kappa shape index (κ1) is 16.0. The van der Waals surface area contributed by atoms with Crippen LogP contribution in [0.4, 0.5) is 5.69 Å². The van der Waals surface area contributed by atoms with E-state index < -0.39 is 7.14 Å². The van der Waals surface area contributed by atoms with Crippen LogP contribution in [0.15, 0.2) is 30.3 Å². The largest absolute Gasteiger partial charge is 0.398 e. The van der Waals surface area contributed by atoms with Crippen molar-refractivity contribution in [1.29, 1.82) is 0 Å². The molecule has 0 bridgehead atoms. The van der Waals surface area contributed by atoms with Crippen LogP contribution in [0.1, 0.15) is 4.88 Å². The van der Waals surface area contributed by atoms with Crippen LogP contribution in [0.2, 0.25) is 0 Å². The first-order valence-electron chi connectivity index (χ1n) is 5.75. The Morgan fingerprint density at radius 2 is 2.05 bits per heavy atom. The van der Waals surface area contributed by atoms with E-state index in [2.05, 4.69) is 32.4 Å². The first-order valence-corrected chi connectivity index (χ1v) is 12.5. The molecule has 0 saturated heterocycles. The van der Waals surface area contributed by atoms with Crippen LogP contribution in [0.3, 0.4) is 0 Å². The van der Waals surface area contributed by atoms with Gasteiger partial charge in [0.05, 0.1) is 4.88 Å². The van der Waals surface area contributed by atoms with Gasteiger partial charge in [0.15, 0.2) is 0 Å². The van der Waals surface area contributed by atoms with Crippen LogP contribution >= 0.6 is 48.6 Å². The van der Waals surface area contributed by atoms with E-state index in [-0.39, 0.29) is 0 Å². The van der Waals surface area contributed by atoms with E-state index in [0.717, 1.165) is 20.6 Å². The first-order chi connectivity index (χ1) is 9.41. The fraction of sp³-hybridized carbons (Fsp3) is 0.143. The zero-order valence-corrected chi connectivity index (χ0v) is 15.7. The molecule has 0 unspecified atom stereocenters. The maximum absolute atomic E-state index is 12.3. The van der Waals surface area contributed by atoms with Crippen molar-refractivity contribution in [1.82, 2.24) is 0 Å². The summed E-state index contributed by atoms with van der Waals surface area (Å²) in [7, 11) is -0.895. The van der Waals surface area contributed by atoms with E-state index >= 15 is 0 Å². The molecule has 0 saturated carbocycles. The number of rotatable bonds is 2. The summed E-state index contributed by atoms with van der Waals surface area (Å²) in [5, 5.41) is 3.72. The van der Waals surface area contributed by atoms with Gasteiger partial charge < -0.3 is 10.3 Å². The predicted molar refractivity (Wildman–Crippen MR) is 102 cm³/mol. The van der Waals surface area contributed by atoms with E-state index in [1.807, 2.05) is 30.3 Å². The lowest BCUT2D eigenvalue weighted by atomic mass is 10.2. The van der Waals surface area contributed by atoms with Crippen molar-refractivity contribution in [3.8, 4) is 21.6 Å². The van der Waals surface area contributed by atoms with Gasteiger partial charge in [-0.05, 0) is 63.3 Å². The Balaban J connectivity index is 2.44. The van der Waals surface area contributed by atoms with E-state index in [1.54, 1.807) is 24.7 Å². The Hall–Kier alpha value is -0.410. The third kappa shape index (κ3) is 3.82. The van der Waals surface area contributed by atoms with Crippen molar-refractivity contribution in [2.75, 3.05) is 19.1 Å². The van der Waals surface area contributed by atoms with Crippen LogP contribution in [-0.2, 0) is 4.57 Å². The fourth-order valence-corrected chi connectivity index (χ4v) is 4.34. The molecular formula is C14H13INOPS2. The molecule has 6 heteroatoms. The predicted octanol–water partition coefficient (Wildman–Crippen LogP) is 4.64. The van der Waals surface area contributed by atoms with Crippen LogP contribution < -0.4 is 11.0 Å². The van der Waals surface area contributed by atoms with E-state index in [9.17, 15) is 4.57 Å². The highest BCUT2D eigenvalue weighted by atomic mass is 127. The molecule has 20 heavy (non-hydrogen) atoms.